The third-order valence-corrected chi connectivity index (χ3v) is 10.7. The number of hydrogen-bond acceptors (Lipinski definition) is 14. The lowest BCUT2D eigenvalue weighted by Gasteiger charge is -2.26. The molecule has 0 unspecified atom stereocenters. The molecular formula is C53H46N6O9. The van der Waals surface area contributed by atoms with E-state index >= 15 is 0 Å². The number of aromatic nitrogens is 1. The van der Waals surface area contributed by atoms with Crippen LogP contribution in [0.5, 0.6) is 0 Å². The van der Waals surface area contributed by atoms with Crippen LogP contribution in [0.25, 0.3) is 27.5 Å². The highest BCUT2D eigenvalue weighted by Crippen LogP contribution is 2.37. The Morgan fingerprint density at radius 1 is 0.368 bits per heavy atom. The van der Waals surface area contributed by atoms with Gasteiger partial charge in [0.05, 0.1) is 33.9 Å². The predicted molar refractivity (Wildman–Crippen MR) is 261 cm³/mol. The maximum Gasteiger partial charge on any atom is 0.331 e. The standard InChI is InChI=1S/C53H46N6O9/c1-31(54-65-35(5)60)39-9-19-45(20-10-39)58(46-21-11-40(12-22-46)32(2)55-66-36(6)61)47-23-13-41(14-24-47)53(64)42-15-25-48(26-16-42)59-51-27-17-43(33(3)56-67-37(7)62)29-49(51)50-30-44(18-28-52(50)59)34(4)57-68-38(8)63/h9-30H,1-8H3/b54-31-,55-32?,56-33?,57-34?. The fraction of sp³-hybridized carbons (Fsp3) is 0.151. The summed E-state index contributed by atoms with van der Waals surface area (Å²) in [5, 5.41) is 17.6. The number of oxime groups is 4. The van der Waals surface area contributed by atoms with Crippen LogP contribution in [0.4, 0.5) is 17.1 Å². The largest absolute Gasteiger partial charge is 0.331 e. The van der Waals surface area contributed by atoms with Crippen LogP contribution in [-0.4, -0.2) is 57.1 Å². The molecule has 0 saturated heterocycles. The summed E-state index contributed by atoms with van der Waals surface area (Å²) in [6, 6.07) is 41.6. The van der Waals surface area contributed by atoms with Crippen molar-refractivity contribution in [1.82, 2.24) is 4.57 Å². The fourth-order valence-corrected chi connectivity index (χ4v) is 7.33. The highest BCUT2D eigenvalue weighted by Gasteiger charge is 2.19. The molecule has 7 rings (SSSR count). The van der Waals surface area contributed by atoms with E-state index in [0.29, 0.717) is 34.0 Å². The minimum absolute atomic E-state index is 0.171. The number of anilines is 3. The number of fused-ring (bicyclic) bond motifs is 3. The van der Waals surface area contributed by atoms with Crippen molar-refractivity contribution in [3.8, 4) is 5.69 Å². The van der Waals surface area contributed by atoms with Gasteiger partial charge in [0.15, 0.2) is 5.78 Å². The van der Waals surface area contributed by atoms with Crippen LogP contribution in [0, 0.1) is 0 Å². The number of nitrogens with zero attached hydrogens (tertiary/aromatic N) is 6. The Balaban J connectivity index is 1.21. The van der Waals surface area contributed by atoms with Gasteiger partial charge in [0.25, 0.3) is 0 Å². The van der Waals surface area contributed by atoms with Crippen molar-refractivity contribution in [3.63, 3.8) is 0 Å². The molecule has 15 heteroatoms. The highest BCUT2D eigenvalue weighted by molar-refractivity contribution is 6.15. The first kappa shape index (κ1) is 47.1. The van der Waals surface area contributed by atoms with Crippen LogP contribution in [0.1, 0.15) is 93.6 Å². The third-order valence-electron chi connectivity index (χ3n) is 10.7. The van der Waals surface area contributed by atoms with E-state index in [-0.39, 0.29) is 5.78 Å². The van der Waals surface area contributed by atoms with Gasteiger partial charge in [0.1, 0.15) is 0 Å². The first-order valence-corrected chi connectivity index (χ1v) is 21.3. The topological polar surface area (TPSA) is 180 Å². The third kappa shape index (κ3) is 10.8. The molecule has 15 nitrogen and oxygen atoms in total. The summed E-state index contributed by atoms with van der Waals surface area (Å²) in [5.74, 6) is -2.26. The van der Waals surface area contributed by atoms with E-state index < -0.39 is 23.9 Å². The SMILES string of the molecule is CC(=O)ON=C(C)c1ccc(N(c2ccc(C(=O)c3ccc(-n4c5ccc(C(C)=NOC(C)=O)cc5c5cc(C(C)=NOC(C)=O)ccc54)cc3)cc2)c2ccc(/C(C)=N\OC(C)=O)cc2)cc1. The van der Waals surface area contributed by atoms with Gasteiger partial charge in [-0.1, -0.05) is 57.0 Å². The van der Waals surface area contributed by atoms with Gasteiger partial charge in [0.2, 0.25) is 0 Å². The molecule has 7 aromatic rings. The van der Waals surface area contributed by atoms with Crippen molar-refractivity contribution >= 4 is 91.4 Å². The molecule has 1 aromatic heterocycles. The lowest BCUT2D eigenvalue weighted by molar-refractivity contribution is -0.141. The molecule has 0 aliphatic rings. The summed E-state index contributed by atoms with van der Waals surface area (Å²) in [7, 11) is 0. The van der Waals surface area contributed by atoms with Crippen LogP contribution in [-0.2, 0) is 38.5 Å². The van der Waals surface area contributed by atoms with Crippen molar-refractivity contribution in [2.24, 2.45) is 20.6 Å². The molecule has 0 aliphatic carbocycles. The van der Waals surface area contributed by atoms with Crippen molar-refractivity contribution in [2.75, 3.05) is 4.90 Å². The Morgan fingerprint density at radius 3 is 0.971 bits per heavy atom. The van der Waals surface area contributed by atoms with Gasteiger partial charge in [-0.05, 0) is 147 Å². The van der Waals surface area contributed by atoms with Crippen LogP contribution in [0.15, 0.2) is 154 Å². The van der Waals surface area contributed by atoms with E-state index in [9.17, 15) is 24.0 Å². The van der Waals surface area contributed by atoms with E-state index in [4.69, 9.17) is 19.4 Å². The first-order chi connectivity index (χ1) is 32.6. The fourth-order valence-electron chi connectivity index (χ4n) is 7.33. The van der Waals surface area contributed by atoms with Crippen molar-refractivity contribution in [1.29, 1.82) is 0 Å². The van der Waals surface area contributed by atoms with Gasteiger partial charge in [-0.15, -0.1) is 0 Å². The second kappa shape index (κ2) is 20.5. The van der Waals surface area contributed by atoms with Gasteiger partial charge in [-0.2, -0.15) is 0 Å². The summed E-state index contributed by atoms with van der Waals surface area (Å²) in [6.07, 6.45) is 0. The lowest BCUT2D eigenvalue weighted by Crippen LogP contribution is -2.11. The Hall–Kier alpha value is -8.85. The monoisotopic (exact) mass is 910 g/mol. The predicted octanol–water partition coefficient (Wildman–Crippen LogP) is 10.6. The van der Waals surface area contributed by atoms with E-state index in [2.05, 4.69) is 25.2 Å². The second-order valence-corrected chi connectivity index (χ2v) is 15.7. The Bertz CT molecular complexity index is 3060. The molecule has 0 fully saturated rings. The van der Waals surface area contributed by atoms with Gasteiger partial charge in [-0.25, -0.2) is 19.2 Å². The summed E-state index contributed by atoms with van der Waals surface area (Å²) in [6.45, 7) is 12.1. The van der Waals surface area contributed by atoms with Crippen LogP contribution in [0.2, 0.25) is 0 Å². The van der Waals surface area contributed by atoms with Crippen molar-refractivity contribution in [3.05, 3.63) is 167 Å². The number of carbonyl (C=O) groups is 5. The van der Waals surface area contributed by atoms with E-state index in [1.165, 1.54) is 27.7 Å². The van der Waals surface area contributed by atoms with Gasteiger partial charge in [0, 0.05) is 72.3 Å². The van der Waals surface area contributed by atoms with E-state index in [1.807, 2.05) is 114 Å². The minimum Gasteiger partial charge on any atom is -0.318 e. The Kier molecular flexibility index (Phi) is 14.2. The second-order valence-electron chi connectivity index (χ2n) is 15.7. The van der Waals surface area contributed by atoms with Gasteiger partial charge < -0.3 is 28.8 Å². The summed E-state index contributed by atoms with van der Waals surface area (Å²) in [5.41, 5.74) is 11.0. The molecule has 0 aliphatic heterocycles. The number of rotatable bonds is 14. The maximum atomic E-state index is 14.1. The summed E-state index contributed by atoms with van der Waals surface area (Å²) in [4.78, 5) is 81.3. The van der Waals surface area contributed by atoms with E-state index in [1.54, 1.807) is 52.0 Å². The van der Waals surface area contributed by atoms with Gasteiger partial charge >= 0.3 is 23.9 Å². The zero-order valence-corrected chi connectivity index (χ0v) is 38.6. The first-order valence-electron chi connectivity index (χ1n) is 21.3. The van der Waals surface area contributed by atoms with Crippen LogP contribution >= 0.6 is 0 Å². The Morgan fingerprint density at radius 2 is 0.647 bits per heavy atom. The molecular weight excluding hydrogens is 865 g/mol. The maximum absolute atomic E-state index is 14.1. The molecule has 342 valence electrons. The minimum atomic E-state index is -0.528. The normalized spacial score (nSPS) is 12.2. The Labute approximate surface area is 391 Å². The molecule has 0 atom stereocenters. The average molecular weight is 911 g/mol. The zero-order valence-electron chi connectivity index (χ0n) is 38.6. The molecule has 0 N–H and O–H groups in total. The molecule has 0 radical (unpaired) electrons. The van der Waals surface area contributed by atoms with Gasteiger partial charge in [-0.3, -0.25) is 4.79 Å². The molecule has 0 amide bonds. The lowest BCUT2D eigenvalue weighted by atomic mass is 10.0. The van der Waals surface area contributed by atoms with Crippen molar-refractivity contribution in [2.45, 2.75) is 55.4 Å². The molecule has 1 heterocycles. The molecule has 6 aromatic carbocycles. The van der Waals surface area contributed by atoms with E-state index in [0.717, 1.165) is 66.8 Å². The van der Waals surface area contributed by atoms with Crippen LogP contribution in [0.3, 0.4) is 0 Å². The molecule has 68 heavy (non-hydrogen) atoms. The number of ketones is 1. The highest BCUT2D eigenvalue weighted by atomic mass is 16.7. The smallest absolute Gasteiger partial charge is 0.318 e. The summed E-state index contributed by atoms with van der Waals surface area (Å²) >= 11 is 0. The molecule has 0 bridgehead atoms. The number of hydrogen-bond donors (Lipinski definition) is 0. The van der Waals surface area contributed by atoms with Crippen LogP contribution < -0.4 is 4.90 Å². The summed E-state index contributed by atoms with van der Waals surface area (Å²) < 4.78 is 2.09. The average Bonchev–Trinajstić information content (AvgIpc) is 3.66. The quantitative estimate of drug-likeness (QED) is 0.0441. The molecule has 0 saturated carbocycles. The van der Waals surface area contributed by atoms with Crippen molar-refractivity contribution < 1.29 is 43.3 Å². The molecule has 0 spiro atoms. The number of benzene rings is 6. The number of carbonyl (C=O) groups excluding carboxylic acids is 5. The zero-order chi connectivity index (χ0) is 48.6.